The summed E-state index contributed by atoms with van der Waals surface area (Å²) in [6.45, 7) is 0. The largest absolute Gasteiger partial charge is 0.398 e. The zero-order chi connectivity index (χ0) is 14.4. The minimum atomic E-state index is 0.107. The van der Waals surface area contributed by atoms with Crippen LogP contribution in [0.4, 0.5) is 5.69 Å². The molecule has 0 radical (unpaired) electrons. The summed E-state index contributed by atoms with van der Waals surface area (Å²) >= 11 is 0. The Kier molecular flexibility index (Phi) is 2.98. The van der Waals surface area contributed by atoms with Gasteiger partial charge < -0.3 is 11.1 Å². The maximum absolute atomic E-state index is 12.5. The second-order valence-electron chi connectivity index (χ2n) is 7.62. The zero-order valence-electron chi connectivity index (χ0n) is 12.5. The highest BCUT2D eigenvalue weighted by Crippen LogP contribution is 2.55. The van der Waals surface area contributed by atoms with Crippen molar-refractivity contribution in [3.63, 3.8) is 0 Å². The maximum atomic E-state index is 12.5. The van der Waals surface area contributed by atoms with Gasteiger partial charge in [-0.15, -0.1) is 0 Å². The fourth-order valence-electron chi connectivity index (χ4n) is 5.47. The number of carbonyl (C=O) groups is 1. The van der Waals surface area contributed by atoms with E-state index in [4.69, 9.17) is 5.73 Å². The van der Waals surface area contributed by atoms with E-state index in [2.05, 4.69) is 5.32 Å². The van der Waals surface area contributed by atoms with E-state index >= 15 is 0 Å². The second kappa shape index (κ2) is 4.75. The lowest BCUT2D eigenvalue weighted by Gasteiger charge is -2.56. The van der Waals surface area contributed by atoms with Crippen molar-refractivity contribution >= 4 is 11.6 Å². The summed E-state index contributed by atoms with van der Waals surface area (Å²) in [6, 6.07) is 7.68. The molecule has 4 bridgehead atoms. The van der Waals surface area contributed by atoms with E-state index in [0.29, 0.717) is 6.42 Å². The Morgan fingerprint density at radius 2 is 1.67 bits per heavy atom. The predicted molar refractivity (Wildman–Crippen MR) is 83.6 cm³/mol. The zero-order valence-corrected chi connectivity index (χ0v) is 12.5. The van der Waals surface area contributed by atoms with Crippen molar-refractivity contribution in [3.05, 3.63) is 29.8 Å². The van der Waals surface area contributed by atoms with Crippen LogP contribution >= 0.6 is 0 Å². The van der Waals surface area contributed by atoms with Crippen LogP contribution in [0.5, 0.6) is 0 Å². The van der Waals surface area contributed by atoms with Gasteiger partial charge in [-0.3, -0.25) is 4.79 Å². The molecular formula is C18H24N2O. The molecule has 3 nitrogen and oxygen atoms in total. The van der Waals surface area contributed by atoms with Crippen LogP contribution in [0, 0.1) is 17.8 Å². The van der Waals surface area contributed by atoms with Gasteiger partial charge in [-0.2, -0.15) is 0 Å². The average Bonchev–Trinajstić information content (AvgIpc) is 2.39. The molecule has 1 aromatic rings. The van der Waals surface area contributed by atoms with Crippen molar-refractivity contribution in [3.8, 4) is 0 Å². The molecule has 0 saturated heterocycles. The highest BCUT2D eigenvalue weighted by Gasteiger charge is 2.51. The second-order valence-corrected chi connectivity index (χ2v) is 7.62. The number of nitrogens with two attached hydrogens (primary N) is 1. The average molecular weight is 284 g/mol. The molecule has 4 aliphatic carbocycles. The van der Waals surface area contributed by atoms with Crippen LogP contribution in [0.15, 0.2) is 24.3 Å². The Hall–Kier alpha value is -1.51. The Morgan fingerprint density at radius 1 is 1.10 bits per heavy atom. The summed E-state index contributed by atoms with van der Waals surface area (Å²) in [4.78, 5) is 12.5. The lowest BCUT2D eigenvalue weighted by Crippen LogP contribution is -2.60. The Labute approximate surface area is 126 Å². The molecule has 3 N–H and O–H groups in total. The molecule has 0 heterocycles. The molecule has 0 atom stereocenters. The van der Waals surface area contributed by atoms with Gasteiger partial charge in [0.15, 0.2) is 0 Å². The molecule has 3 heteroatoms. The Bertz CT molecular complexity index is 531. The molecule has 21 heavy (non-hydrogen) atoms. The third-order valence-corrected chi connectivity index (χ3v) is 5.85. The number of anilines is 1. The first kappa shape index (κ1) is 13.2. The lowest BCUT2D eigenvalue weighted by atomic mass is 9.53. The molecule has 5 rings (SSSR count). The monoisotopic (exact) mass is 284 g/mol. The first-order chi connectivity index (χ1) is 10.1. The molecule has 0 aliphatic heterocycles. The molecule has 4 saturated carbocycles. The van der Waals surface area contributed by atoms with E-state index in [1.165, 1.54) is 38.5 Å². The van der Waals surface area contributed by atoms with Crippen LogP contribution in [0.25, 0.3) is 0 Å². The molecule has 1 amide bonds. The van der Waals surface area contributed by atoms with E-state index in [0.717, 1.165) is 29.0 Å². The quantitative estimate of drug-likeness (QED) is 0.839. The lowest BCUT2D eigenvalue weighted by molar-refractivity contribution is -0.126. The van der Waals surface area contributed by atoms with Gasteiger partial charge in [0.05, 0.1) is 6.42 Å². The van der Waals surface area contributed by atoms with Gasteiger partial charge in [0.2, 0.25) is 5.91 Å². The van der Waals surface area contributed by atoms with Gasteiger partial charge in [-0.25, -0.2) is 0 Å². The van der Waals surface area contributed by atoms with Crippen LogP contribution in [0.3, 0.4) is 0 Å². The number of nitrogen functional groups attached to an aromatic ring is 1. The fraction of sp³-hybridized carbons (Fsp3) is 0.611. The van der Waals surface area contributed by atoms with Crippen molar-refractivity contribution in [1.29, 1.82) is 0 Å². The number of rotatable bonds is 3. The standard InChI is InChI=1S/C18H24N2O/c19-16-4-2-1-3-15(16)8-17(21)20-18-9-12-5-13(10-18)7-14(6-12)11-18/h1-4,12-14H,5-11,19H2,(H,20,21). The van der Waals surface area contributed by atoms with Crippen molar-refractivity contribution in [2.24, 2.45) is 17.8 Å². The van der Waals surface area contributed by atoms with E-state index in [1.54, 1.807) is 0 Å². The summed E-state index contributed by atoms with van der Waals surface area (Å²) < 4.78 is 0. The van der Waals surface area contributed by atoms with Crippen LogP contribution in [-0.4, -0.2) is 11.4 Å². The molecular weight excluding hydrogens is 260 g/mol. The number of para-hydroxylation sites is 1. The third kappa shape index (κ3) is 2.43. The Morgan fingerprint density at radius 3 is 2.24 bits per heavy atom. The van der Waals surface area contributed by atoms with E-state index in [-0.39, 0.29) is 11.4 Å². The van der Waals surface area contributed by atoms with E-state index in [1.807, 2.05) is 24.3 Å². The first-order valence-electron chi connectivity index (χ1n) is 8.26. The number of amides is 1. The van der Waals surface area contributed by atoms with E-state index < -0.39 is 0 Å². The number of benzene rings is 1. The summed E-state index contributed by atoms with van der Waals surface area (Å²) in [5.74, 6) is 2.73. The fourth-order valence-corrected chi connectivity index (χ4v) is 5.47. The Balaban J connectivity index is 1.46. The molecule has 4 fully saturated rings. The van der Waals surface area contributed by atoms with Gasteiger partial charge in [-0.1, -0.05) is 18.2 Å². The van der Waals surface area contributed by atoms with Gasteiger partial charge >= 0.3 is 0 Å². The first-order valence-corrected chi connectivity index (χ1v) is 8.26. The molecule has 4 aliphatic rings. The maximum Gasteiger partial charge on any atom is 0.224 e. The summed E-state index contributed by atoms with van der Waals surface area (Å²) in [5, 5.41) is 3.41. The highest BCUT2D eigenvalue weighted by molar-refractivity contribution is 5.81. The summed E-state index contributed by atoms with van der Waals surface area (Å²) in [7, 11) is 0. The molecule has 0 spiro atoms. The highest BCUT2D eigenvalue weighted by atomic mass is 16.1. The molecule has 1 aromatic carbocycles. The van der Waals surface area contributed by atoms with Crippen molar-refractivity contribution < 1.29 is 4.79 Å². The predicted octanol–water partition coefficient (Wildman–Crippen LogP) is 2.90. The number of hydrogen-bond donors (Lipinski definition) is 2. The third-order valence-electron chi connectivity index (χ3n) is 5.85. The molecule has 0 unspecified atom stereocenters. The molecule has 0 aromatic heterocycles. The SMILES string of the molecule is Nc1ccccc1CC(=O)NC12CC3CC(CC(C3)C1)C2. The normalized spacial score (nSPS) is 36.7. The van der Waals surface area contributed by atoms with Gasteiger partial charge in [0.25, 0.3) is 0 Å². The van der Waals surface area contributed by atoms with Crippen LogP contribution in [0.2, 0.25) is 0 Å². The van der Waals surface area contributed by atoms with Crippen LogP contribution < -0.4 is 11.1 Å². The van der Waals surface area contributed by atoms with Crippen molar-refractivity contribution in [1.82, 2.24) is 5.32 Å². The number of carbonyl (C=O) groups excluding carboxylic acids is 1. The van der Waals surface area contributed by atoms with Crippen LogP contribution in [-0.2, 0) is 11.2 Å². The van der Waals surface area contributed by atoms with E-state index in [9.17, 15) is 4.79 Å². The smallest absolute Gasteiger partial charge is 0.224 e. The van der Waals surface area contributed by atoms with Gasteiger partial charge in [-0.05, 0) is 67.9 Å². The summed E-state index contributed by atoms with van der Waals surface area (Å²) in [5.41, 5.74) is 7.72. The van der Waals surface area contributed by atoms with Gasteiger partial charge in [0, 0.05) is 11.2 Å². The number of hydrogen-bond acceptors (Lipinski definition) is 2. The minimum absolute atomic E-state index is 0.107. The summed E-state index contributed by atoms with van der Waals surface area (Å²) in [6.07, 6.45) is 8.23. The number of nitrogens with one attached hydrogen (secondary N) is 1. The van der Waals surface area contributed by atoms with Gasteiger partial charge in [0.1, 0.15) is 0 Å². The molecule has 112 valence electrons. The minimum Gasteiger partial charge on any atom is -0.398 e. The topological polar surface area (TPSA) is 55.1 Å². The van der Waals surface area contributed by atoms with Crippen LogP contribution in [0.1, 0.15) is 44.1 Å². The van der Waals surface area contributed by atoms with Crippen molar-refractivity contribution in [2.75, 3.05) is 5.73 Å². The van der Waals surface area contributed by atoms with Crippen molar-refractivity contribution in [2.45, 2.75) is 50.5 Å².